The summed E-state index contributed by atoms with van der Waals surface area (Å²) in [5.41, 5.74) is 5.62. The van der Waals surface area contributed by atoms with Gasteiger partial charge in [-0.05, 0) is 33.6 Å². The molecule has 2 N–H and O–H groups in total. The van der Waals surface area contributed by atoms with Crippen molar-refractivity contribution in [1.82, 2.24) is 0 Å². The minimum Gasteiger partial charge on any atom is -0.376 e. The van der Waals surface area contributed by atoms with Crippen molar-refractivity contribution in [3.05, 3.63) is 0 Å². The van der Waals surface area contributed by atoms with Crippen LogP contribution in [0, 0.1) is 0 Å². The van der Waals surface area contributed by atoms with Crippen LogP contribution in [0.3, 0.4) is 0 Å². The minimum atomic E-state index is 0.133. The van der Waals surface area contributed by atoms with Crippen molar-refractivity contribution >= 4 is 0 Å². The maximum atomic E-state index is 5.68. The van der Waals surface area contributed by atoms with Crippen LogP contribution in [-0.4, -0.2) is 31.0 Å². The molecule has 3 atom stereocenters. The molecule has 0 amide bonds. The second kappa shape index (κ2) is 4.94. The number of ether oxygens (including phenoxy) is 2. The van der Waals surface area contributed by atoms with Crippen molar-refractivity contribution in [3.63, 3.8) is 0 Å². The van der Waals surface area contributed by atoms with Gasteiger partial charge in [0.05, 0.1) is 24.9 Å². The Kier molecular flexibility index (Phi) is 4.16. The van der Waals surface area contributed by atoms with Crippen molar-refractivity contribution in [2.24, 2.45) is 5.73 Å². The number of hydrogen-bond acceptors (Lipinski definition) is 3. The van der Waals surface area contributed by atoms with Gasteiger partial charge in [-0.2, -0.15) is 0 Å². The Labute approximate surface area is 80.6 Å². The molecule has 1 saturated heterocycles. The van der Waals surface area contributed by atoms with Gasteiger partial charge in [0.15, 0.2) is 0 Å². The minimum absolute atomic E-state index is 0.133. The average Bonchev–Trinajstić information content (AvgIpc) is 1.99. The van der Waals surface area contributed by atoms with Gasteiger partial charge in [-0.1, -0.05) is 0 Å². The van der Waals surface area contributed by atoms with Gasteiger partial charge in [-0.3, -0.25) is 0 Å². The maximum Gasteiger partial charge on any atom is 0.0625 e. The predicted octanol–water partition coefficient (Wildman–Crippen LogP) is 1.31. The Balaban J connectivity index is 2.25. The van der Waals surface area contributed by atoms with Crippen molar-refractivity contribution < 1.29 is 9.47 Å². The van der Waals surface area contributed by atoms with Crippen LogP contribution in [0.4, 0.5) is 0 Å². The van der Waals surface area contributed by atoms with Gasteiger partial charge in [0, 0.05) is 6.04 Å². The van der Waals surface area contributed by atoms with E-state index in [-0.39, 0.29) is 6.04 Å². The third-order valence-corrected chi connectivity index (χ3v) is 2.25. The zero-order valence-electron chi connectivity index (χ0n) is 8.82. The first-order valence-electron chi connectivity index (χ1n) is 5.10. The van der Waals surface area contributed by atoms with Crippen LogP contribution in [0.2, 0.25) is 0 Å². The van der Waals surface area contributed by atoms with Crippen molar-refractivity contribution in [3.8, 4) is 0 Å². The summed E-state index contributed by atoms with van der Waals surface area (Å²) in [4.78, 5) is 0. The van der Waals surface area contributed by atoms with E-state index < -0.39 is 0 Å². The third-order valence-electron chi connectivity index (χ3n) is 2.25. The Bertz CT molecular complexity index is 140. The van der Waals surface area contributed by atoms with Crippen LogP contribution < -0.4 is 5.73 Å². The molecule has 2 unspecified atom stereocenters. The molecule has 0 saturated carbocycles. The molecule has 3 nitrogen and oxygen atoms in total. The fourth-order valence-corrected chi connectivity index (χ4v) is 1.77. The van der Waals surface area contributed by atoms with E-state index in [1.54, 1.807) is 0 Å². The number of nitrogens with two attached hydrogens (primary N) is 1. The predicted molar refractivity (Wildman–Crippen MR) is 52.6 cm³/mol. The number of rotatable bonds is 3. The van der Waals surface area contributed by atoms with Crippen LogP contribution in [0.25, 0.3) is 0 Å². The Morgan fingerprint density at radius 3 is 2.38 bits per heavy atom. The summed E-state index contributed by atoms with van der Waals surface area (Å²) in [6.07, 6.45) is 2.97. The Morgan fingerprint density at radius 2 is 1.92 bits per heavy atom. The molecule has 1 aliphatic rings. The SMILES string of the molecule is CC1CC(OC[C@@H](C)N)CC(C)O1. The van der Waals surface area contributed by atoms with Gasteiger partial charge in [-0.15, -0.1) is 0 Å². The van der Waals surface area contributed by atoms with Crippen molar-refractivity contribution in [2.75, 3.05) is 6.61 Å². The monoisotopic (exact) mass is 187 g/mol. The molecule has 0 spiro atoms. The van der Waals surface area contributed by atoms with Gasteiger partial charge in [-0.25, -0.2) is 0 Å². The molecule has 3 heteroatoms. The molecule has 0 aliphatic carbocycles. The fourth-order valence-electron chi connectivity index (χ4n) is 1.77. The van der Waals surface area contributed by atoms with E-state index in [9.17, 15) is 0 Å². The smallest absolute Gasteiger partial charge is 0.0625 e. The summed E-state index contributed by atoms with van der Waals surface area (Å²) in [5.74, 6) is 0. The Morgan fingerprint density at radius 1 is 1.38 bits per heavy atom. The van der Waals surface area contributed by atoms with Crippen LogP contribution in [0.5, 0.6) is 0 Å². The van der Waals surface area contributed by atoms with Crippen LogP contribution in [-0.2, 0) is 9.47 Å². The third kappa shape index (κ3) is 4.07. The molecule has 0 bridgehead atoms. The molecule has 1 rings (SSSR count). The summed E-state index contributed by atoms with van der Waals surface area (Å²) in [6.45, 7) is 6.81. The first-order chi connectivity index (χ1) is 6.08. The molecule has 0 aromatic carbocycles. The molecule has 1 fully saturated rings. The zero-order chi connectivity index (χ0) is 9.84. The van der Waals surface area contributed by atoms with E-state index in [1.807, 2.05) is 6.92 Å². The highest BCUT2D eigenvalue weighted by atomic mass is 16.5. The lowest BCUT2D eigenvalue weighted by molar-refractivity contribution is -0.103. The van der Waals surface area contributed by atoms with Gasteiger partial charge in [0.2, 0.25) is 0 Å². The highest BCUT2D eigenvalue weighted by Crippen LogP contribution is 2.21. The van der Waals surface area contributed by atoms with Gasteiger partial charge in [0.25, 0.3) is 0 Å². The molecule has 1 aliphatic heterocycles. The molecule has 1 heterocycles. The van der Waals surface area contributed by atoms with Gasteiger partial charge < -0.3 is 15.2 Å². The van der Waals surface area contributed by atoms with E-state index in [0.717, 1.165) is 12.8 Å². The van der Waals surface area contributed by atoms with Gasteiger partial charge >= 0.3 is 0 Å². The average molecular weight is 187 g/mol. The van der Waals surface area contributed by atoms with E-state index in [2.05, 4.69) is 13.8 Å². The topological polar surface area (TPSA) is 44.5 Å². The van der Waals surface area contributed by atoms with E-state index in [1.165, 1.54) is 0 Å². The molecular formula is C10H21NO2. The van der Waals surface area contributed by atoms with E-state index in [4.69, 9.17) is 15.2 Å². The summed E-state index contributed by atoms with van der Waals surface area (Å²) in [5, 5.41) is 0. The maximum absolute atomic E-state index is 5.68. The standard InChI is InChI=1S/C10H21NO2/c1-7(11)6-12-10-4-8(2)13-9(3)5-10/h7-10H,4-6,11H2,1-3H3/t7-,8?,9?,10?/m1/s1. The zero-order valence-corrected chi connectivity index (χ0v) is 8.82. The van der Waals surface area contributed by atoms with Crippen molar-refractivity contribution in [2.45, 2.75) is 58.0 Å². The van der Waals surface area contributed by atoms with E-state index in [0.29, 0.717) is 24.9 Å². The lowest BCUT2D eigenvalue weighted by atomic mass is 10.0. The first-order valence-corrected chi connectivity index (χ1v) is 5.10. The van der Waals surface area contributed by atoms with Crippen LogP contribution >= 0.6 is 0 Å². The molecule has 0 aromatic heterocycles. The second-order valence-corrected chi connectivity index (χ2v) is 4.16. The highest BCUT2D eigenvalue weighted by Gasteiger charge is 2.24. The molecule has 13 heavy (non-hydrogen) atoms. The normalized spacial score (nSPS) is 37.4. The highest BCUT2D eigenvalue weighted by molar-refractivity contribution is 4.74. The summed E-state index contributed by atoms with van der Waals surface area (Å²) in [7, 11) is 0. The number of hydrogen-bond donors (Lipinski definition) is 1. The quantitative estimate of drug-likeness (QED) is 0.724. The molecule has 0 radical (unpaired) electrons. The lowest BCUT2D eigenvalue weighted by Crippen LogP contribution is -2.36. The van der Waals surface area contributed by atoms with Gasteiger partial charge in [0.1, 0.15) is 0 Å². The Hall–Kier alpha value is -0.120. The molecule has 0 aromatic rings. The summed E-state index contributed by atoms with van der Waals surface area (Å²) in [6, 6.07) is 0.133. The first kappa shape index (κ1) is 11.0. The summed E-state index contributed by atoms with van der Waals surface area (Å²) < 4.78 is 11.3. The van der Waals surface area contributed by atoms with Crippen molar-refractivity contribution in [1.29, 1.82) is 0 Å². The summed E-state index contributed by atoms with van der Waals surface area (Å²) >= 11 is 0. The van der Waals surface area contributed by atoms with E-state index >= 15 is 0 Å². The van der Waals surface area contributed by atoms with Crippen LogP contribution in [0.1, 0.15) is 33.6 Å². The second-order valence-electron chi connectivity index (χ2n) is 4.16. The largest absolute Gasteiger partial charge is 0.376 e. The molecular weight excluding hydrogens is 166 g/mol. The lowest BCUT2D eigenvalue weighted by Gasteiger charge is -2.32. The fraction of sp³-hybridized carbons (Fsp3) is 1.00. The van der Waals surface area contributed by atoms with Crippen LogP contribution in [0.15, 0.2) is 0 Å². The molecule has 78 valence electrons.